The fraction of sp³-hybridized carbons (Fsp3) is 0.800. The highest BCUT2D eigenvalue weighted by molar-refractivity contribution is 5.83. The summed E-state index contributed by atoms with van der Waals surface area (Å²) in [5.74, 6) is -0.521. The molecule has 9 heteroatoms. The number of hydrogen-bond acceptors (Lipinski definition) is 5. The van der Waals surface area contributed by atoms with E-state index in [2.05, 4.69) is 5.32 Å². The SMILES string of the molecule is N=C(N)N1CCC[C@H](C(=O)NC[C@@H]2CCCN2C(=O)[C@@H](N)CO)C1. The zero-order chi connectivity index (χ0) is 17.7. The minimum atomic E-state index is -0.899. The van der Waals surface area contributed by atoms with Crippen molar-refractivity contribution in [3.63, 3.8) is 0 Å². The topological polar surface area (TPSA) is 149 Å². The molecule has 0 unspecified atom stereocenters. The molecule has 0 aliphatic carbocycles. The number of aliphatic hydroxyl groups excluding tert-OH is 1. The zero-order valence-electron chi connectivity index (χ0n) is 13.9. The van der Waals surface area contributed by atoms with Crippen LogP contribution in [0.3, 0.4) is 0 Å². The fourth-order valence-corrected chi connectivity index (χ4v) is 3.40. The molecule has 2 heterocycles. The molecule has 2 aliphatic rings. The summed E-state index contributed by atoms with van der Waals surface area (Å²) in [5, 5.41) is 19.4. The molecule has 0 saturated carbocycles. The van der Waals surface area contributed by atoms with Gasteiger partial charge in [0.05, 0.1) is 12.5 Å². The van der Waals surface area contributed by atoms with E-state index in [0.29, 0.717) is 26.2 Å². The minimum Gasteiger partial charge on any atom is -0.394 e. The quantitative estimate of drug-likeness (QED) is 0.289. The van der Waals surface area contributed by atoms with E-state index >= 15 is 0 Å². The third-order valence-electron chi connectivity index (χ3n) is 4.82. The average Bonchev–Trinajstić information content (AvgIpc) is 3.06. The van der Waals surface area contributed by atoms with Crippen molar-refractivity contribution in [3.8, 4) is 0 Å². The van der Waals surface area contributed by atoms with Crippen molar-refractivity contribution < 1.29 is 14.7 Å². The number of carbonyl (C=O) groups is 2. The molecule has 9 nitrogen and oxygen atoms in total. The smallest absolute Gasteiger partial charge is 0.242 e. The minimum absolute atomic E-state index is 0.00180. The van der Waals surface area contributed by atoms with E-state index in [1.807, 2.05) is 0 Å². The lowest BCUT2D eigenvalue weighted by Gasteiger charge is -2.33. The number of carbonyl (C=O) groups excluding carboxylic acids is 2. The van der Waals surface area contributed by atoms with Crippen LogP contribution in [0.1, 0.15) is 25.7 Å². The van der Waals surface area contributed by atoms with Gasteiger partial charge < -0.3 is 31.7 Å². The van der Waals surface area contributed by atoms with Crippen molar-refractivity contribution in [2.75, 3.05) is 32.8 Å². The molecule has 2 fully saturated rings. The summed E-state index contributed by atoms with van der Waals surface area (Å²) in [7, 11) is 0. The van der Waals surface area contributed by atoms with Crippen LogP contribution < -0.4 is 16.8 Å². The van der Waals surface area contributed by atoms with Crippen molar-refractivity contribution in [2.45, 2.75) is 37.8 Å². The van der Waals surface area contributed by atoms with Crippen molar-refractivity contribution in [3.05, 3.63) is 0 Å². The maximum absolute atomic E-state index is 12.4. The summed E-state index contributed by atoms with van der Waals surface area (Å²) in [6.07, 6.45) is 3.29. The molecule has 0 aromatic heterocycles. The highest BCUT2D eigenvalue weighted by atomic mass is 16.3. The second kappa shape index (κ2) is 8.29. The first kappa shape index (κ1) is 18.5. The van der Waals surface area contributed by atoms with Gasteiger partial charge in [0, 0.05) is 32.2 Å². The molecular weight excluding hydrogens is 312 g/mol. The Labute approximate surface area is 141 Å². The van der Waals surface area contributed by atoms with Gasteiger partial charge in [-0.15, -0.1) is 0 Å². The Bertz CT molecular complexity index is 486. The van der Waals surface area contributed by atoms with Crippen LogP contribution >= 0.6 is 0 Å². The fourth-order valence-electron chi connectivity index (χ4n) is 3.40. The van der Waals surface area contributed by atoms with Crippen LogP contribution in [0.15, 0.2) is 0 Å². The number of likely N-dealkylation sites (tertiary alicyclic amines) is 2. The lowest BCUT2D eigenvalue weighted by molar-refractivity contribution is -0.135. The molecule has 2 amide bonds. The second-order valence-corrected chi connectivity index (χ2v) is 6.53. The number of nitrogens with zero attached hydrogens (tertiary/aromatic N) is 2. The summed E-state index contributed by atoms with van der Waals surface area (Å²) in [6.45, 7) is 1.79. The van der Waals surface area contributed by atoms with Gasteiger partial charge in [-0.3, -0.25) is 15.0 Å². The lowest BCUT2D eigenvalue weighted by Crippen LogP contribution is -2.52. The van der Waals surface area contributed by atoms with Gasteiger partial charge in [-0.25, -0.2) is 0 Å². The largest absolute Gasteiger partial charge is 0.394 e. The van der Waals surface area contributed by atoms with Crippen LogP contribution in [0.25, 0.3) is 0 Å². The van der Waals surface area contributed by atoms with E-state index in [0.717, 1.165) is 25.7 Å². The molecule has 0 aromatic rings. The monoisotopic (exact) mass is 340 g/mol. The summed E-state index contributed by atoms with van der Waals surface area (Å²) >= 11 is 0. The Kier molecular flexibility index (Phi) is 6.38. The molecule has 2 rings (SSSR count). The van der Waals surface area contributed by atoms with Crippen LogP contribution in [0.2, 0.25) is 0 Å². The highest BCUT2D eigenvalue weighted by Gasteiger charge is 2.32. The van der Waals surface area contributed by atoms with Crippen molar-refractivity contribution >= 4 is 17.8 Å². The zero-order valence-corrected chi connectivity index (χ0v) is 13.9. The molecular formula is C15H28N6O3. The Morgan fingerprint density at radius 2 is 2.00 bits per heavy atom. The summed E-state index contributed by atoms with van der Waals surface area (Å²) in [5.41, 5.74) is 11.1. The first-order valence-corrected chi connectivity index (χ1v) is 8.47. The molecule has 2 saturated heterocycles. The van der Waals surface area contributed by atoms with Crippen LogP contribution in [-0.4, -0.2) is 77.5 Å². The van der Waals surface area contributed by atoms with Crippen LogP contribution in [0.4, 0.5) is 0 Å². The number of hydrogen-bond donors (Lipinski definition) is 5. The first-order valence-electron chi connectivity index (χ1n) is 8.47. The van der Waals surface area contributed by atoms with Crippen molar-refractivity contribution in [2.24, 2.45) is 17.4 Å². The van der Waals surface area contributed by atoms with E-state index in [9.17, 15) is 9.59 Å². The molecule has 0 spiro atoms. The van der Waals surface area contributed by atoms with Crippen LogP contribution in [-0.2, 0) is 9.59 Å². The predicted molar refractivity (Wildman–Crippen MR) is 89.0 cm³/mol. The molecule has 136 valence electrons. The number of aliphatic hydroxyl groups is 1. The van der Waals surface area contributed by atoms with Gasteiger partial charge in [-0.2, -0.15) is 0 Å². The Morgan fingerprint density at radius 3 is 2.67 bits per heavy atom. The summed E-state index contributed by atoms with van der Waals surface area (Å²) in [4.78, 5) is 27.9. The van der Waals surface area contributed by atoms with Gasteiger partial charge in [0.2, 0.25) is 11.8 Å². The molecule has 0 radical (unpaired) electrons. The van der Waals surface area contributed by atoms with Crippen molar-refractivity contribution in [1.29, 1.82) is 5.41 Å². The van der Waals surface area contributed by atoms with Crippen LogP contribution in [0, 0.1) is 11.3 Å². The Hall–Kier alpha value is -1.87. The molecule has 2 aliphatic heterocycles. The van der Waals surface area contributed by atoms with Crippen LogP contribution in [0.5, 0.6) is 0 Å². The summed E-state index contributed by atoms with van der Waals surface area (Å²) in [6, 6.07) is -0.977. The van der Waals surface area contributed by atoms with Gasteiger partial charge in [0.25, 0.3) is 0 Å². The third kappa shape index (κ3) is 4.35. The molecule has 3 atom stereocenters. The van der Waals surface area contributed by atoms with E-state index in [1.165, 1.54) is 0 Å². The number of amides is 2. The van der Waals surface area contributed by atoms with E-state index in [1.54, 1.807) is 9.80 Å². The predicted octanol–water partition coefficient (Wildman–Crippen LogP) is -1.98. The summed E-state index contributed by atoms with van der Waals surface area (Å²) < 4.78 is 0. The number of nitrogens with two attached hydrogens (primary N) is 2. The first-order chi connectivity index (χ1) is 11.4. The Morgan fingerprint density at radius 1 is 1.29 bits per heavy atom. The molecule has 0 bridgehead atoms. The van der Waals surface area contributed by atoms with Gasteiger partial charge in [-0.05, 0) is 25.7 Å². The van der Waals surface area contributed by atoms with Gasteiger partial charge in [0.1, 0.15) is 6.04 Å². The standard InChI is InChI=1S/C15H28N6O3/c16-12(9-22)14(24)21-6-2-4-11(21)7-19-13(23)10-3-1-5-20(8-10)15(17)18/h10-12,22H,1-9,16H2,(H3,17,18)(H,19,23)/t10-,11-,12-/m0/s1. The van der Waals surface area contributed by atoms with Crippen molar-refractivity contribution in [1.82, 2.24) is 15.1 Å². The lowest BCUT2D eigenvalue weighted by atomic mass is 9.97. The second-order valence-electron chi connectivity index (χ2n) is 6.53. The number of nitrogens with one attached hydrogen (secondary N) is 2. The number of guanidine groups is 1. The molecule has 0 aromatic carbocycles. The normalized spacial score (nSPS) is 25.4. The number of rotatable bonds is 5. The van der Waals surface area contributed by atoms with Gasteiger partial charge in [-0.1, -0.05) is 0 Å². The maximum atomic E-state index is 12.4. The Balaban J connectivity index is 1.84. The molecule has 24 heavy (non-hydrogen) atoms. The van der Waals surface area contributed by atoms with E-state index < -0.39 is 6.04 Å². The number of piperidine rings is 1. The van der Waals surface area contributed by atoms with Gasteiger partial charge >= 0.3 is 0 Å². The highest BCUT2D eigenvalue weighted by Crippen LogP contribution is 2.19. The van der Waals surface area contributed by atoms with E-state index in [4.69, 9.17) is 22.0 Å². The maximum Gasteiger partial charge on any atom is 0.242 e. The molecule has 7 N–H and O–H groups in total. The third-order valence-corrected chi connectivity index (χ3v) is 4.82. The van der Waals surface area contributed by atoms with E-state index in [-0.39, 0.29) is 36.3 Å². The average molecular weight is 340 g/mol. The van der Waals surface area contributed by atoms with Gasteiger partial charge in [0.15, 0.2) is 5.96 Å².